The molecule has 0 amide bonds. The number of anilines is 2. The molecule has 4 aromatic rings. The number of benzene rings is 1. The zero-order chi connectivity index (χ0) is 38.1. The topological polar surface area (TPSA) is 154 Å². The Bertz CT molecular complexity index is 1670. The van der Waals surface area contributed by atoms with Gasteiger partial charge in [0, 0.05) is 57.2 Å². The van der Waals surface area contributed by atoms with Crippen LogP contribution in [0.5, 0.6) is 11.6 Å². The van der Waals surface area contributed by atoms with Gasteiger partial charge in [0.15, 0.2) is 0 Å². The predicted octanol–water partition coefficient (Wildman–Crippen LogP) is 5.08. The van der Waals surface area contributed by atoms with Crippen LogP contribution in [0.15, 0.2) is 49.4 Å². The van der Waals surface area contributed by atoms with Gasteiger partial charge >= 0.3 is 0 Å². The molecule has 0 spiro atoms. The van der Waals surface area contributed by atoms with Gasteiger partial charge in [-0.15, -0.1) is 5.10 Å². The van der Waals surface area contributed by atoms with Crippen molar-refractivity contribution in [1.29, 1.82) is 0 Å². The Balaban J connectivity index is 1.03. The van der Waals surface area contributed by atoms with Crippen molar-refractivity contribution < 1.29 is 33.2 Å². The molecule has 0 radical (unpaired) electrons. The lowest BCUT2D eigenvalue weighted by Gasteiger charge is -2.38. The Kier molecular flexibility index (Phi) is 16.3. The van der Waals surface area contributed by atoms with Gasteiger partial charge in [-0.25, -0.2) is 19.6 Å². The van der Waals surface area contributed by atoms with Crippen molar-refractivity contribution >= 4 is 23.2 Å². The molecule has 300 valence electrons. The minimum absolute atomic E-state index is 0.177. The van der Waals surface area contributed by atoms with Gasteiger partial charge < -0.3 is 38.5 Å². The molecule has 1 saturated heterocycles. The first kappa shape index (κ1) is 40.8. The minimum atomic E-state index is -0.177. The Hall–Kier alpha value is -3.90. The van der Waals surface area contributed by atoms with E-state index >= 15 is 0 Å². The monoisotopic (exact) mass is 783 g/mol. The highest BCUT2D eigenvalue weighted by molar-refractivity contribution is 6.32. The highest BCUT2D eigenvalue weighted by Crippen LogP contribution is 2.35. The second-order valence-corrected chi connectivity index (χ2v) is 14.0. The SMILES string of the molecule is COCCOCCOCCOCCCOc1nn([C@H]2CC[C@H](N3CCOCC3)CC2)cc1Nc1ncc(-c2ccc(Cl)c(O[C@@H](C)Cn3cncn3)c2)cn1. The molecule has 2 aliphatic rings. The normalized spacial score (nSPS) is 18.3. The summed E-state index contributed by atoms with van der Waals surface area (Å²) in [5, 5.41) is 12.9. The molecule has 1 saturated carbocycles. The Morgan fingerprint density at radius 1 is 0.891 bits per heavy atom. The van der Waals surface area contributed by atoms with E-state index < -0.39 is 0 Å². The van der Waals surface area contributed by atoms with E-state index in [2.05, 4.69) is 30.3 Å². The van der Waals surface area contributed by atoms with E-state index in [0.717, 1.165) is 63.1 Å². The second-order valence-electron chi connectivity index (χ2n) is 13.6. The number of methoxy groups -OCH3 is 1. The average molecular weight is 784 g/mol. The number of aromatic nitrogens is 7. The number of ether oxygens (including phenoxy) is 7. The summed E-state index contributed by atoms with van der Waals surface area (Å²) >= 11 is 6.50. The molecular weight excluding hydrogens is 730 g/mol. The van der Waals surface area contributed by atoms with Gasteiger partial charge in [-0.3, -0.25) is 9.58 Å². The first-order valence-corrected chi connectivity index (χ1v) is 19.6. The fourth-order valence-electron chi connectivity index (χ4n) is 6.68. The summed E-state index contributed by atoms with van der Waals surface area (Å²) in [4.78, 5) is 15.9. The zero-order valence-electron chi connectivity index (χ0n) is 31.9. The van der Waals surface area contributed by atoms with Crippen LogP contribution in [0.1, 0.15) is 45.1 Å². The van der Waals surface area contributed by atoms with Crippen LogP contribution in [-0.4, -0.2) is 138 Å². The molecule has 0 unspecified atom stereocenters. The molecule has 17 heteroatoms. The number of nitrogens with one attached hydrogen (secondary N) is 1. The molecule has 16 nitrogen and oxygen atoms in total. The van der Waals surface area contributed by atoms with Gasteiger partial charge in [0.1, 0.15) is 30.2 Å². The van der Waals surface area contributed by atoms with Crippen LogP contribution in [0.3, 0.4) is 0 Å². The number of hydrogen-bond donors (Lipinski definition) is 1. The molecule has 1 atom stereocenters. The summed E-state index contributed by atoms with van der Waals surface area (Å²) in [7, 11) is 1.65. The van der Waals surface area contributed by atoms with Crippen LogP contribution in [0.2, 0.25) is 5.02 Å². The molecule has 1 aliphatic heterocycles. The van der Waals surface area contributed by atoms with Gasteiger partial charge in [0.05, 0.1) is 83.3 Å². The summed E-state index contributed by atoms with van der Waals surface area (Å²) in [6.45, 7) is 10.4. The molecule has 6 rings (SSSR count). The van der Waals surface area contributed by atoms with Crippen molar-refractivity contribution in [1.82, 2.24) is 39.4 Å². The third-order valence-electron chi connectivity index (χ3n) is 9.55. The van der Waals surface area contributed by atoms with Crippen molar-refractivity contribution in [2.75, 3.05) is 91.6 Å². The first-order chi connectivity index (χ1) is 27.1. The van der Waals surface area contributed by atoms with Crippen LogP contribution >= 0.6 is 11.6 Å². The lowest BCUT2D eigenvalue weighted by Crippen LogP contribution is -2.45. The van der Waals surface area contributed by atoms with Gasteiger partial charge in [-0.2, -0.15) is 5.10 Å². The lowest BCUT2D eigenvalue weighted by atomic mass is 9.90. The predicted molar refractivity (Wildman–Crippen MR) is 206 cm³/mol. The molecule has 1 aliphatic carbocycles. The van der Waals surface area contributed by atoms with Crippen molar-refractivity contribution in [2.45, 2.75) is 63.8 Å². The lowest BCUT2D eigenvalue weighted by molar-refractivity contribution is 0.00242. The summed E-state index contributed by atoms with van der Waals surface area (Å²) < 4.78 is 43.4. The first-order valence-electron chi connectivity index (χ1n) is 19.2. The van der Waals surface area contributed by atoms with E-state index in [0.29, 0.717) is 100 Å². The van der Waals surface area contributed by atoms with Gasteiger partial charge in [-0.05, 0) is 50.3 Å². The van der Waals surface area contributed by atoms with Crippen LogP contribution in [0, 0.1) is 0 Å². The Morgan fingerprint density at radius 2 is 1.60 bits per heavy atom. The van der Waals surface area contributed by atoms with E-state index in [1.807, 2.05) is 36.0 Å². The van der Waals surface area contributed by atoms with E-state index in [1.54, 1.807) is 30.5 Å². The van der Waals surface area contributed by atoms with Crippen molar-refractivity contribution in [3.8, 4) is 22.8 Å². The van der Waals surface area contributed by atoms with Gasteiger partial charge in [0.2, 0.25) is 5.95 Å². The van der Waals surface area contributed by atoms with Crippen LogP contribution in [-0.2, 0) is 30.2 Å². The molecule has 4 heterocycles. The van der Waals surface area contributed by atoms with Gasteiger partial charge in [-0.1, -0.05) is 17.7 Å². The van der Waals surface area contributed by atoms with E-state index in [4.69, 9.17) is 49.9 Å². The fourth-order valence-corrected chi connectivity index (χ4v) is 6.84. The fraction of sp³-hybridized carbons (Fsp3) is 0.605. The van der Waals surface area contributed by atoms with Crippen molar-refractivity contribution in [3.05, 3.63) is 54.5 Å². The van der Waals surface area contributed by atoms with Gasteiger partial charge in [0.25, 0.3) is 5.88 Å². The molecule has 0 bridgehead atoms. The van der Waals surface area contributed by atoms with E-state index in [-0.39, 0.29) is 12.1 Å². The van der Waals surface area contributed by atoms with E-state index in [1.165, 1.54) is 6.33 Å². The quantitative estimate of drug-likeness (QED) is 0.0995. The third kappa shape index (κ3) is 12.8. The van der Waals surface area contributed by atoms with Crippen molar-refractivity contribution in [2.24, 2.45) is 0 Å². The molecular formula is C38H54ClN9O7. The van der Waals surface area contributed by atoms with Crippen molar-refractivity contribution in [3.63, 3.8) is 0 Å². The summed E-state index contributed by atoms with van der Waals surface area (Å²) in [5.74, 6) is 1.52. The highest BCUT2D eigenvalue weighted by Gasteiger charge is 2.29. The third-order valence-corrected chi connectivity index (χ3v) is 9.86. The molecule has 3 aromatic heterocycles. The number of morpholine rings is 1. The van der Waals surface area contributed by atoms with Crippen LogP contribution in [0.25, 0.3) is 11.1 Å². The standard InChI is InChI=1S/C38H54ClN9O7/c1-29(25-47-28-40-27-43-47)55-36-22-30(4-9-34(36)39)31-23-41-38(42-24-31)44-35-26-48(33-7-5-32(6-8-33)46-10-14-51-15-11-46)45-37(35)54-13-3-12-50-18-19-53-21-20-52-17-16-49-2/h4,9,22-24,26-29,32-33H,3,5-8,10-21,25H2,1-2H3,(H,41,42,44)/t29-,32-,33-/m0/s1. The largest absolute Gasteiger partial charge is 0.487 e. The number of rotatable bonds is 23. The second kappa shape index (κ2) is 22.0. The average Bonchev–Trinajstić information content (AvgIpc) is 3.88. The minimum Gasteiger partial charge on any atom is -0.487 e. The maximum Gasteiger partial charge on any atom is 0.256 e. The smallest absolute Gasteiger partial charge is 0.256 e. The zero-order valence-corrected chi connectivity index (χ0v) is 32.6. The summed E-state index contributed by atoms with van der Waals surface area (Å²) in [6, 6.07) is 6.51. The molecule has 2 fully saturated rings. The molecule has 1 N–H and O–H groups in total. The summed E-state index contributed by atoms with van der Waals surface area (Å²) in [6.07, 6.45) is 13.6. The number of nitrogens with zero attached hydrogens (tertiary/aromatic N) is 8. The maximum atomic E-state index is 6.50. The number of hydrogen-bond acceptors (Lipinski definition) is 14. The Morgan fingerprint density at radius 3 is 2.31 bits per heavy atom. The Labute approximate surface area is 327 Å². The maximum absolute atomic E-state index is 6.50. The highest BCUT2D eigenvalue weighted by atomic mass is 35.5. The molecule has 1 aromatic carbocycles. The summed E-state index contributed by atoms with van der Waals surface area (Å²) in [5.41, 5.74) is 2.42. The van der Waals surface area contributed by atoms with Crippen LogP contribution < -0.4 is 14.8 Å². The number of halogens is 1. The molecule has 55 heavy (non-hydrogen) atoms. The van der Waals surface area contributed by atoms with E-state index in [9.17, 15) is 0 Å². The van der Waals surface area contributed by atoms with Crippen LogP contribution in [0.4, 0.5) is 11.6 Å².